The Balaban J connectivity index is 1.59. The number of aromatic nitrogens is 1. The van der Waals surface area contributed by atoms with E-state index in [1.807, 2.05) is 29.2 Å². The van der Waals surface area contributed by atoms with Crippen LogP contribution in [0.25, 0.3) is 11.1 Å². The van der Waals surface area contributed by atoms with Crippen LogP contribution in [0.4, 0.5) is 11.5 Å². The average Bonchev–Trinajstić information content (AvgIpc) is 3.68. The van der Waals surface area contributed by atoms with Gasteiger partial charge in [-0.2, -0.15) is 0 Å². The summed E-state index contributed by atoms with van der Waals surface area (Å²) in [5, 5.41) is 0. The highest BCUT2D eigenvalue weighted by atomic mass is 32.2. The summed E-state index contributed by atoms with van der Waals surface area (Å²) in [6.45, 7) is 6.80. The molecule has 4 rings (SSSR count). The third-order valence-electron chi connectivity index (χ3n) is 7.01. The number of benzene rings is 1. The van der Waals surface area contributed by atoms with E-state index in [1.54, 1.807) is 7.11 Å². The largest absolute Gasteiger partial charge is 0.396 e. The zero-order valence-electron chi connectivity index (χ0n) is 21.6. The van der Waals surface area contributed by atoms with E-state index in [0.29, 0.717) is 44.3 Å². The summed E-state index contributed by atoms with van der Waals surface area (Å²) in [6.07, 6.45) is 3.77. The van der Waals surface area contributed by atoms with E-state index in [2.05, 4.69) is 23.5 Å². The fraction of sp³-hybridized carbons (Fsp3) is 0.538. The number of rotatable bonds is 9. The molecular formula is C26H37N5O4S. The minimum absolute atomic E-state index is 0.0572. The quantitative estimate of drug-likeness (QED) is 0.527. The Kier molecular flexibility index (Phi) is 7.87. The Labute approximate surface area is 214 Å². The first-order valence-corrected chi connectivity index (χ1v) is 14.4. The number of nitrogen functional groups attached to an aromatic ring is 1. The number of carbonyl (C=O) groups excluding carboxylic acids is 1. The van der Waals surface area contributed by atoms with Gasteiger partial charge in [0.1, 0.15) is 0 Å². The number of amides is 1. The number of hydrogen-bond acceptors (Lipinski definition) is 7. The van der Waals surface area contributed by atoms with Gasteiger partial charge < -0.3 is 20.3 Å². The van der Waals surface area contributed by atoms with Gasteiger partial charge in [0, 0.05) is 50.8 Å². The zero-order valence-corrected chi connectivity index (χ0v) is 22.4. The smallest absolute Gasteiger partial charge is 0.225 e. The fourth-order valence-corrected chi connectivity index (χ4v) is 5.27. The van der Waals surface area contributed by atoms with Gasteiger partial charge in [-0.25, -0.2) is 18.1 Å². The first-order valence-electron chi connectivity index (χ1n) is 12.5. The monoisotopic (exact) mass is 515 g/mol. The van der Waals surface area contributed by atoms with Gasteiger partial charge in [0.2, 0.25) is 15.9 Å². The van der Waals surface area contributed by atoms with E-state index in [0.717, 1.165) is 52.9 Å². The van der Waals surface area contributed by atoms with Gasteiger partial charge in [0.15, 0.2) is 5.82 Å². The zero-order chi connectivity index (χ0) is 26.0. The molecule has 2 aliphatic rings. The van der Waals surface area contributed by atoms with Crippen LogP contribution in [0.5, 0.6) is 0 Å². The molecule has 0 radical (unpaired) electrons. The van der Waals surface area contributed by atoms with E-state index >= 15 is 0 Å². The highest BCUT2D eigenvalue weighted by Crippen LogP contribution is 2.47. The minimum Gasteiger partial charge on any atom is -0.396 e. The molecule has 1 aromatic carbocycles. The van der Waals surface area contributed by atoms with E-state index in [9.17, 15) is 13.2 Å². The molecule has 10 heteroatoms. The predicted molar refractivity (Wildman–Crippen MR) is 142 cm³/mol. The molecule has 1 saturated heterocycles. The lowest BCUT2D eigenvalue weighted by atomic mass is 9.94. The van der Waals surface area contributed by atoms with Crippen molar-refractivity contribution in [2.45, 2.75) is 51.6 Å². The van der Waals surface area contributed by atoms with Crippen LogP contribution in [-0.2, 0) is 26.1 Å². The third kappa shape index (κ3) is 5.99. The average molecular weight is 516 g/mol. The SMILES string of the molecule is COCCC(=O)N1CCN(c2nc(C3CC3)c(-c3ccc(CNS(C)(=O)=O)cc3)c(C)c2N)C[C@H]1C. The Morgan fingerprint density at radius 1 is 1.22 bits per heavy atom. The van der Waals surface area contributed by atoms with Gasteiger partial charge in [0.25, 0.3) is 0 Å². The van der Waals surface area contributed by atoms with Crippen LogP contribution in [0.15, 0.2) is 24.3 Å². The van der Waals surface area contributed by atoms with E-state index in [4.69, 9.17) is 15.5 Å². The molecule has 1 aliphatic carbocycles. The van der Waals surface area contributed by atoms with Crippen LogP contribution in [0.3, 0.4) is 0 Å². The summed E-state index contributed by atoms with van der Waals surface area (Å²) in [7, 11) is -1.64. The number of carbonyl (C=O) groups is 1. The van der Waals surface area contributed by atoms with Gasteiger partial charge >= 0.3 is 0 Å². The number of hydrogen-bond donors (Lipinski definition) is 2. The maximum Gasteiger partial charge on any atom is 0.225 e. The lowest BCUT2D eigenvalue weighted by molar-refractivity contribution is -0.134. The first-order chi connectivity index (χ1) is 17.1. The van der Waals surface area contributed by atoms with E-state index < -0.39 is 10.0 Å². The van der Waals surface area contributed by atoms with Gasteiger partial charge in [-0.15, -0.1) is 0 Å². The lowest BCUT2D eigenvalue weighted by Gasteiger charge is -2.41. The summed E-state index contributed by atoms with van der Waals surface area (Å²) >= 11 is 0. The van der Waals surface area contributed by atoms with Crippen molar-refractivity contribution in [2.24, 2.45) is 0 Å². The predicted octanol–water partition coefficient (Wildman–Crippen LogP) is 2.64. The highest BCUT2D eigenvalue weighted by Gasteiger charge is 2.33. The molecule has 36 heavy (non-hydrogen) atoms. The molecule has 9 nitrogen and oxygen atoms in total. The van der Waals surface area contributed by atoms with E-state index in [-0.39, 0.29) is 18.5 Å². The van der Waals surface area contributed by atoms with Crippen molar-refractivity contribution in [1.82, 2.24) is 14.6 Å². The first kappa shape index (κ1) is 26.4. The van der Waals surface area contributed by atoms with Gasteiger partial charge in [-0.05, 0) is 43.4 Å². The topological polar surface area (TPSA) is 118 Å². The Morgan fingerprint density at radius 3 is 2.50 bits per heavy atom. The number of pyridine rings is 1. The number of sulfonamides is 1. The maximum absolute atomic E-state index is 12.6. The van der Waals surface area contributed by atoms with Crippen LogP contribution < -0.4 is 15.4 Å². The molecule has 1 atom stereocenters. The van der Waals surface area contributed by atoms with Crippen LogP contribution in [0.2, 0.25) is 0 Å². The molecule has 0 spiro atoms. The number of piperazine rings is 1. The second-order valence-corrected chi connectivity index (χ2v) is 11.8. The molecule has 1 saturated carbocycles. The highest BCUT2D eigenvalue weighted by molar-refractivity contribution is 7.88. The van der Waals surface area contributed by atoms with Crippen molar-refractivity contribution in [1.29, 1.82) is 0 Å². The molecular weight excluding hydrogens is 478 g/mol. The van der Waals surface area contributed by atoms with Gasteiger partial charge in [-0.1, -0.05) is 24.3 Å². The normalized spacial score (nSPS) is 18.5. The molecule has 3 N–H and O–H groups in total. The summed E-state index contributed by atoms with van der Waals surface area (Å²) < 4.78 is 30.4. The van der Waals surface area contributed by atoms with Crippen LogP contribution >= 0.6 is 0 Å². The number of nitrogens with two attached hydrogens (primary N) is 1. The molecule has 0 bridgehead atoms. The van der Waals surface area contributed by atoms with Crippen molar-refractivity contribution in [2.75, 3.05) is 50.2 Å². The third-order valence-corrected chi connectivity index (χ3v) is 7.68. The minimum atomic E-state index is -3.25. The van der Waals surface area contributed by atoms with E-state index in [1.165, 1.54) is 0 Å². The standard InChI is InChI=1S/C26H37N5O4S/c1-17-16-30(12-13-31(17)22(32)11-14-35-3)26-24(27)18(2)23(25(29-26)21-9-10-21)20-7-5-19(6-8-20)15-28-36(4,33)34/h5-8,17,21,28H,9-16,27H2,1-4H3/t17-/m1/s1. The molecule has 2 heterocycles. The summed E-state index contributed by atoms with van der Waals surface area (Å²) in [5.74, 6) is 1.34. The molecule has 196 valence electrons. The van der Waals surface area contributed by atoms with Crippen molar-refractivity contribution >= 4 is 27.4 Å². The number of anilines is 2. The van der Waals surface area contributed by atoms with Crippen LogP contribution in [0, 0.1) is 6.92 Å². The van der Waals surface area contributed by atoms with Crippen LogP contribution in [0.1, 0.15) is 48.9 Å². The number of nitrogens with zero attached hydrogens (tertiary/aromatic N) is 3. The molecule has 1 aliphatic heterocycles. The summed E-state index contributed by atoms with van der Waals surface area (Å²) in [6, 6.07) is 7.97. The molecule has 2 fully saturated rings. The molecule has 0 unspecified atom stereocenters. The second kappa shape index (κ2) is 10.7. The Hall–Kier alpha value is -2.69. The van der Waals surface area contributed by atoms with Gasteiger partial charge in [0.05, 0.1) is 30.7 Å². The number of methoxy groups -OCH3 is 1. The van der Waals surface area contributed by atoms with Crippen molar-refractivity contribution in [3.8, 4) is 11.1 Å². The van der Waals surface area contributed by atoms with Crippen molar-refractivity contribution in [3.63, 3.8) is 0 Å². The molecule has 2 aromatic rings. The summed E-state index contributed by atoms with van der Waals surface area (Å²) in [5.41, 5.74) is 12.4. The van der Waals surface area contributed by atoms with Crippen LogP contribution in [-0.4, -0.2) is 69.9 Å². The molecule has 1 aromatic heterocycles. The summed E-state index contributed by atoms with van der Waals surface area (Å²) in [4.78, 5) is 21.8. The Bertz CT molecular complexity index is 1210. The van der Waals surface area contributed by atoms with Crippen molar-refractivity contribution in [3.05, 3.63) is 41.1 Å². The lowest BCUT2D eigenvalue weighted by Crippen LogP contribution is -2.54. The second-order valence-electron chi connectivity index (χ2n) is 9.92. The number of ether oxygens (including phenoxy) is 1. The maximum atomic E-state index is 12.6. The Morgan fingerprint density at radius 2 is 1.92 bits per heavy atom. The van der Waals surface area contributed by atoms with Gasteiger partial charge in [-0.3, -0.25) is 4.79 Å². The number of nitrogens with one attached hydrogen (secondary N) is 1. The molecule has 1 amide bonds. The van der Waals surface area contributed by atoms with Crippen molar-refractivity contribution < 1.29 is 17.9 Å². The fourth-order valence-electron chi connectivity index (χ4n) is 4.84.